The summed E-state index contributed by atoms with van der Waals surface area (Å²) in [4.78, 5) is 0. The molecule has 15 heavy (non-hydrogen) atoms. The minimum absolute atomic E-state index is 0.505. The van der Waals surface area contributed by atoms with Crippen LogP contribution in [0.25, 0.3) is 0 Å². The molecular weight excluding hydrogens is 180 g/mol. The van der Waals surface area contributed by atoms with Gasteiger partial charge in [0.05, 0.1) is 0 Å². The Kier molecular flexibility index (Phi) is 3.90. The second-order valence-corrected chi connectivity index (χ2v) is 6.99. The maximum absolute atomic E-state index is 2.53. The van der Waals surface area contributed by atoms with Gasteiger partial charge >= 0.3 is 0 Å². The molecule has 3 unspecified atom stereocenters. The molecule has 0 aromatic carbocycles. The molecule has 1 saturated carbocycles. The third kappa shape index (κ3) is 2.77. The lowest BCUT2D eigenvalue weighted by Gasteiger charge is -2.45. The molecule has 0 aromatic rings. The summed E-state index contributed by atoms with van der Waals surface area (Å²) in [5.41, 5.74) is 1.07. The normalized spacial score (nSPS) is 38.8. The molecule has 0 heteroatoms. The van der Waals surface area contributed by atoms with Crippen molar-refractivity contribution in [3.05, 3.63) is 0 Å². The van der Waals surface area contributed by atoms with Gasteiger partial charge in [0.25, 0.3) is 0 Å². The summed E-state index contributed by atoms with van der Waals surface area (Å²) in [7, 11) is 0. The van der Waals surface area contributed by atoms with Gasteiger partial charge in [-0.25, -0.2) is 0 Å². The van der Waals surface area contributed by atoms with Crippen molar-refractivity contribution < 1.29 is 0 Å². The minimum atomic E-state index is 0.505. The molecule has 0 amide bonds. The zero-order valence-corrected chi connectivity index (χ0v) is 11.7. The van der Waals surface area contributed by atoms with Gasteiger partial charge in [-0.15, -0.1) is 0 Å². The predicted octanol–water partition coefficient (Wildman–Crippen LogP) is 5.28. The summed E-state index contributed by atoms with van der Waals surface area (Å²) >= 11 is 0. The molecule has 1 aliphatic carbocycles. The second kappa shape index (κ2) is 4.47. The Morgan fingerprint density at radius 1 is 1.20 bits per heavy atom. The van der Waals surface area contributed by atoms with E-state index in [9.17, 15) is 0 Å². The third-order valence-corrected chi connectivity index (χ3v) is 5.31. The quantitative estimate of drug-likeness (QED) is 0.544. The average molecular weight is 210 g/mol. The largest absolute Gasteiger partial charge is 0.0649 e. The van der Waals surface area contributed by atoms with Crippen molar-refractivity contribution in [2.24, 2.45) is 22.7 Å². The Morgan fingerprint density at radius 2 is 1.80 bits per heavy atom. The maximum Gasteiger partial charge on any atom is -0.0272 e. The molecule has 0 bridgehead atoms. The highest BCUT2D eigenvalue weighted by Gasteiger charge is 2.41. The summed E-state index contributed by atoms with van der Waals surface area (Å²) in [5, 5.41) is 0. The zero-order chi connectivity index (χ0) is 11.7. The van der Waals surface area contributed by atoms with Crippen LogP contribution in [0.4, 0.5) is 0 Å². The highest BCUT2D eigenvalue weighted by molar-refractivity contribution is 4.92. The van der Waals surface area contributed by atoms with Crippen molar-refractivity contribution in [1.29, 1.82) is 0 Å². The first kappa shape index (κ1) is 13.1. The molecule has 0 radical (unpaired) electrons. The lowest BCUT2D eigenvalue weighted by Crippen LogP contribution is -2.35. The van der Waals surface area contributed by atoms with Crippen LogP contribution in [0.15, 0.2) is 0 Å². The molecule has 0 aliphatic heterocycles. The van der Waals surface area contributed by atoms with Crippen molar-refractivity contribution in [2.45, 2.75) is 73.6 Å². The third-order valence-electron chi connectivity index (χ3n) is 5.31. The number of rotatable bonds is 2. The van der Waals surface area contributed by atoms with Gasteiger partial charge in [0.2, 0.25) is 0 Å². The van der Waals surface area contributed by atoms with Crippen LogP contribution in [0, 0.1) is 22.7 Å². The Labute approximate surface area is 96.8 Å². The van der Waals surface area contributed by atoms with E-state index < -0.39 is 0 Å². The van der Waals surface area contributed by atoms with Crippen molar-refractivity contribution in [1.82, 2.24) is 0 Å². The lowest BCUT2D eigenvalue weighted by atomic mass is 9.60. The molecule has 90 valence electrons. The first-order valence-electron chi connectivity index (χ1n) is 6.81. The smallest absolute Gasteiger partial charge is 0.0272 e. The van der Waals surface area contributed by atoms with E-state index in [2.05, 4.69) is 41.5 Å². The summed E-state index contributed by atoms with van der Waals surface area (Å²) in [6, 6.07) is 0. The highest BCUT2D eigenvalue weighted by Crippen LogP contribution is 2.52. The Hall–Kier alpha value is 0. The van der Waals surface area contributed by atoms with Crippen LogP contribution in [0.2, 0.25) is 0 Å². The van der Waals surface area contributed by atoms with E-state index in [-0.39, 0.29) is 0 Å². The van der Waals surface area contributed by atoms with E-state index >= 15 is 0 Å². The molecule has 1 aliphatic rings. The first-order chi connectivity index (χ1) is 6.81. The van der Waals surface area contributed by atoms with E-state index in [0.29, 0.717) is 10.8 Å². The number of hydrogen-bond donors (Lipinski definition) is 0. The minimum Gasteiger partial charge on any atom is -0.0649 e. The van der Waals surface area contributed by atoms with Crippen molar-refractivity contribution >= 4 is 0 Å². The lowest BCUT2D eigenvalue weighted by molar-refractivity contribution is 0.0530. The zero-order valence-electron chi connectivity index (χ0n) is 11.7. The predicted molar refractivity (Wildman–Crippen MR) is 69.0 cm³/mol. The van der Waals surface area contributed by atoms with E-state index in [1.165, 1.54) is 32.1 Å². The molecule has 1 fully saturated rings. The summed E-state index contributed by atoms with van der Waals surface area (Å²) in [6.07, 6.45) is 7.04. The molecule has 0 N–H and O–H groups in total. The van der Waals surface area contributed by atoms with Gasteiger partial charge in [0, 0.05) is 0 Å². The fraction of sp³-hybridized carbons (Fsp3) is 1.00. The molecule has 3 atom stereocenters. The van der Waals surface area contributed by atoms with Crippen molar-refractivity contribution in [3.63, 3.8) is 0 Å². The SMILES string of the molecule is CCC(C)(C)C1(C)CCC(C)CC(C)C1. The van der Waals surface area contributed by atoms with Gasteiger partial charge in [0.1, 0.15) is 0 Å². The van der Waals surface area contributed by atoms with Crippen LogP contribution in [0.5, 0.6) is 0 Å². The van der Waals surface area contributed by atoms with Crippen LogP contribution in [-0.2, 0) is 0 Å². The summed E-state index contributed by atoms with van der Waals surface area (Å²) in [6.45, 7) is 14.7. The average Bonchev–Trinajstić information content (AvgIpc) is 2.26. The standard InChI is InChI=1S/C15H30/c1-7-14(4,5)15(6)9-8-12(2)10-13(3)11-15/h12-13H,7-11H2,1-6H3. The summed E-state index contributed by atoms with van der Waals surface area (Å²) in [5.74, 6) is 1.85. The topological polar surface area (TPSA) is 0 Å². The first-order valence-corrected chi connectivity index (χ1v) is 6.81. The van der Waals surface area contributed by atoms with Gasteiger partial charge in [-0.05, 0) is 41.9 Å². The van der Waals surface area contributed by atoms with Crippen LogP contribution in [0.3, 0.4) is 0 Å². The maximum atomic E-state index is 2.53. The second-order valence-electron chi connectivity index (χ2n) is 6.99. The van der Waals surface area contributed by atoms with E-state index in [0.717, 1.165) is 11.8 Å². The molecule has 1 rings (SSSR count). The van der Waals surface area contributed by atoms with Crippen molar-refractivity contribution in [2.75, 3.05) is 0 Å². The van der Waals surface area contributed by atoms with E-state index in [1.54, 1.807) is 0 Å². The Morgan fingerprint density at radius 3 is 2.33 bits per heavy atom. The molecule has 0 heterocycles. The van der Waals surface area contributed by atoms with E-state index in [1.807, 2.05) is 0 Å². The molecular formula is C15H30. The fourth-order valence-electron chi connectivity index (χ4n) is 3.37. The number of hydrogen-bond acceptors (Lipinski definition) is 0. The van der Waals surface area contributed by atoms with Crippen molar-refractivity contribution in [3.8, 4) is 0 Å². The van der Waals surface area contributed by atoms with Crippen LogP contribution < -0.4 is 0 Å². The van der Waals surface area contributed by atoms with Crippen LogP contribution >= 0.6 is 0 Å². The molecule has 0 aromatic heterocycles. The van der Waals surface area contributed by atoms with Gasteiger partial charge in [-0.1, -0.05) is 54.4 Å². The molecule has 0 nitrogen and oxygen atoms in total. The Balaban J connectivity index is 2.83. The Bertz CT molecular complexity index is 204. The van der Waals surface area contributed by atoms with E-state index in [4.69, 9.17) is 0 Å². The van der Waals surface area contributed by atoms with Gasteiger partial charge in [-0.3, -0.25) is 0 Å². The van der Waals surface area contributed by atoms with Gasteiger partial charge < -0.3 is 0 Å². The fourth-order valence-corrected chi connectivity index (χ4v) is 3.37. The van der Waals surface area contributed by atoms with Gasteiger partial charge in [-0.2, -0.15) is 0 Å². The summed E-state index contributed by atoms with van der Waals surface area (Å²) < 4.78 is 0. The molecule has 0 saturated heterocycles. The van der Waals surface area contributed by atoms with Crippen LogP contribution in [0.1, 0.15) is 73.6 Å². The van der Waals surface area contributed by atoms with Crippen LogP contribution in [-0.4, -0.2) is 0 Å². The molecule has 0 spiro atoms. The monoisotopic (exact) mass is 210 g/mol. The van der Waals surface area contributed by atoms with Gasteiger partial charge in [0.15, 0.2) is 0 Å². The highest BCUT2D eigenvalue weighted by atomic mass is 14.5.